The summed E-state index contributed by atoms with van der Waals surface area (Å²) in [4.78, 5) is 6.52. The van der Waals surface area contributed by atoms with Gasteiger partial charge in [-0.1, -0.05) is 177 Å². The molecule has 12 rings (SSSR count). The molecule has 9 aromatic carbocycles. The summed E-state index contributed by atoms with van der Waals surface area (Å²) in [7, 11) is 0.814. The zero-order valence-electron chi connectivity index (χ0n) is 32.6. The van der Waals surface area contributed by atoms with Crippen molar-refractivity contribution in [2.24, 2.45) is 0 Å². The van der Waals surface area contributed by atoms with Crippen molar-refractivity contribution in [2.45, 2.75) is 19.3 Å². The molecule has 0 spiro atoms. The van der Waals surface area contributed by atoms with Crippen LogP contribution in [0.2, 0.25) is 0 Å². The second-order valence-electron chi connectivity index (χ2n) is 16.5. The number of rotatable bonds is 4. The molecular formula is C55H39BN2. The van der Waals surface area contributed by atoms with Crippen molar-refractivity contribution in [1.82, 2.24) is 4.98 Å². The number of anilines is 3. The highest BCUT2D eigenvalue weighted by molar-refractivity contribution is 6.73. The third kappa shape index (κ3) is 4.80. The number of nitrogens with zero attached hydrogens (tertiary/aromatic N) is 1. The van der Waals surface area contributed by atoms with Gasteiger partial charge in [0.2, 0.25) is 0 Å². The lowest BCUT2D eigenvalue weighted by atomic mass is 9.56. The topological polar surface area (TPSA) is 19.0 Å². The van der Waals surface area contributed by atoms with Crippen LogP contribution in [0.5, 0.6) is 0 Å². The lowest BCUT2D eigenvalue weighted by Crippen LogP contribution is -2.41. The van der Waals surface area contributed by atoms with Crippen LogP contribution in [0.25, 0.3) is 77.1 Å². The minimum atomic E-state index is -0.194. The molecule has 0 bridgehead atoms. The fourth-order valence-corrected chi connectivity index (χ4v) is 10.2. The maximum Gasteiger partial charge on any atom is 0.198 e. The van der Waals surface area contributed by atoms with Crippen molar-refractivity contribution >= 4 is 67.8 Å². The van der Waals surface area contributed by atoms with Gasteiger partial charge in [0.25, 0.3) is 0 Å². The standard InChI is InChI=1S/C55H39BN2/c1-55(2)44-23-12-11-20-41(44)51-45(55)33-49-53(52(51)43-22-13-21-42-50-40-19-10-9-18-37(40)26-30-47(50)57-54(42)43)56-46-32-38(35-16-7-4-8-17-35)27-31-48(46)58(49)39-28-24-36(25-29-39)34-14-5-3-6-15-34/h3-33,56-57H,1-2H3. The van der Waals surface area contributed by atoms with E-state index < -0.39 is 0 Å². The Balaban J connectivity index is 1.18. The normalized spacial score (nSPS) is 13.6. The first-order valence-electron chi connectivity index (χ1n) is 20.4. The summed E-state index contributed by atoms with van der Waals surface area (Å²) in [5.41, 5.74) is 21.4. The van der Waals surface area contributed by atoms with E-state index in [1.807, 2.05) is 0 Å². The molecule has 0 unspecified atom stereocenters. The van der Waals surface area contributed by atoms with Gasteiger partial charge in [0.1, 0.15) is 0 Å². The highest BCUT2D eigenvalue weighted by Crippen LogP contribution is 2.55. The number of aromatic nitrogens is 1. The zero-order valence-corrected chi connectivity index (χ0v) is 32.6. The summed E-state index contributed by atoms with van der Waals surface area (Å²) < 4.78 is 0. The van der Waals surface area contributed by atoms with Crippen LogP contribution in [0.4, 0.5) is 17.1 Å². The molecule has 3 heteroatoms. The summed E-state index contributed by atoms with van der Waals surface area (Å²) in [5.74, 6) is 0. The Bertz CT molecular complexity index is 3270. The lowest BCUT2D eigenvalue weighted by Gasteiger charge is -2.37. The van der Waals surface area contributed by atoms with Crippen LogP contribution in [-0.4, -0.2) is 12.3 Å². The van der Waals surface area contributed by atoms with Crippen molar-refractivity contribution < 1.29 is 0 Å². The lowest BCUT2D eigenvalue weighted by molar-refractivity contribution is 0.660. The predicted octanol–water partition coefficient (Wildman–Crippen LogP) is 13.0. The van der Waals surface area contributed by atoms with Crippen molar-refractivity contribution in [2.75, 3.05) is 4.90 Å². The van der Waals surface area contributed by atoms with Gasteiger partial charge in [-0.25, -0.2) is 0 Å². The number of fused-ring (bicyclic) bond motifs is 10. The molecule has 0 amide bonds. The number of H-pyrrole nitrogens is 1. The smallest absolute Gasteiger partial charge is 0.198 e. The number of para-hydroxylation sites is 1. The van der Waals surface area contributed by atoms with Crippen molar-refractivity contribution in [1.29, 1.82) is 0 Å². The van der Waals surface area contributed by atoms with Crippen LogP contribution in [0.1, 0.15) is 25.0 Å². The molecule has 0 atom stereocenters. The second-order valence-corrected chi connectivity index (χ2v) is 16.5. The van der Waals surface area contributed by atoms with E-state index in [2.05, 4.69) is 212 Å². The first-order chi connectivity index (χ1) is 28.5. The highest BCUT2D eigenvalue weighted by Gasteiger charge is 2.41. The zero-order chi connectivity index (χ0) is 38.5. The molecule has 272 valence electrons. The van der Waals surface area contributed by atoms with Gasteiger partial charge in [0.05, 0.1) is 5.52 Å². The Labute approximate surface area is 339 Å². The largest absolute Gasteiger partial charge is 0.354 e. The molecule has 0 saturated heterocycles. The molecule has 1 aromatic heterocycles. The molecule has 2 aliphatic rings. The van der Waals surface area contributed by atoms with E-state index in [1.54, 1.807) is 0 Å². The monoisotopic (exact) mass is 738 g/mol. The van der Waals surface area contributed by atoms with E-state index in [9.17, 15) is 0 Å². The van der Waals surface area contributed by atoms with Crippen LogP contribution < -0.4 is 15.8 Å². The van der Waals surface area contributed by atoms with Gasteiger partial charge >= 0.3 is 0 Å². The molecule has 1 aliphatic heterocycles. The van der Waals surface area contributed by atoms with Gasteiger partial charge < -0.3 is 9.88 Å². The average molecular weight is 739 g/mol. The fourth-order valence-electron chi connectivity index (χ4n) is 10.2. The van der Waals surface area contributed by atoms with E-state index >= 15 is 0 Å². The van der Waals surface area contributed by atoms with Crippen LogP contribution in [0, 0.1) is 0 Å². The molecule has 0 fully saturated rings. The summed E-state index contributed by atoms with van der Waals surface area (Å²) in [6.07, 6.45) is 0. The molecule has 58 heavy (non-hydrogen) atoms. The first kappa shape index (κ1) is 33.1. The number of hydrogen-bond acceptors (Lipinski definition) is 1. The van der Waals surface area contributed by atoms with Gasteiger partial charge in [-0.2, -0.15) is 0 Å². The van der Waals surface area contributed by atoms with Crippen molar-refractivity contribution in [3.05, 3.63) is 199 Å². The number of aromatic amines is 1. The van der Waals surface area contributed by atoms with E-state index in [1.165, 1.54) is 111 Å². The third-order valence-corrected chi connectivity index (χ3v) is 13.0. The first-order valence-corrected chi connectivity index (χ1v) is 20.4. The summed E-state index contributed by atoms with van der Waals surface area (Å²) in [6, 6.07) is 69.6. The molecular weight excluding hydrogens is 699 g/mol. The predicted molar refractivity (Wildman–Crippen MR) is 248 cm³/mol. The van der Waals surface area contributed by atoms with Gasteiger partial charge in [0.15, 0.2) is 7.28 Å². The molecule has 1 aliphatic carbocycles. The van der Waals surface area contributed by atoms with Crippen LogP contribution in [-0.2, 0) is 5.41 Å². The summed E-state index contributed by atoms with van der Waals surface area (Å²) >= 11 is 0. The van der Waals surface area contributed by atoms with Crippen LogP contribution >= 0.6 is 0 Å². The molecule has 10 aromatic rings. The second kappa shape index (κ2) is 12.5. The molecule has 0 saturated carbocycles. The molecule has 1 N–H and O–H groups in total. The Morgan fingerprint density at radius 1 is 0.483 bits per heavy atom. The summed E-state index contributed by atoms with van der Waals surface area (Å²) in [6.45, 7) is 4.82. The Morgan fingerprint density at radius 2 is 1.14 bits per heavy atom. The van der Waals surface area contributed by atoms with Crippen molar-refractivity contribution in [3.63, 3.8) is 0 Å². The maximum absolute atomic E-state index is 3.98. The van der Waals surface area contributed by atoms with Gasteiger partial charge in [0, 0.05) is 44.3 Å². The molecule has 2 heterocycles. The van der Waals surface area contributed by atoms with Gasteiger partial charge in [-0.3, -0.25) is 0 Å². The van der Waals surface area contributed by atoms with Crippen LogP contribution in [0.3, 0.4) is 0 Å². The fraction of sp³-hybridized carbons (Fsp3) is 0.0545. The van der Waals surface area contributed by atoms with E-state index in [4.69, 9.17) is 0 Å². The van der Waals surface area contributed by atoms with E-state index in [0.29, 0.717) is 0 Å². The Hall–Kier alpha value is -7.10. The number of hydrogen-bond donors (Lipinski definition) is 1. The molecule has 0 radical (unpaired) electrons. The average Bonchev–Trinajstić information content (AvgIpc) is 3.78. The minimum Gasteiger partial charge on any atom is -0.354 e. The third-order valence-electron chi connectivity index (χ3n) is 13.0. The van der Waals surface area contributed by atoms with Gasteiger partial charge in [-0.05, 0) is 96.6 Å². The minimum absolute atomic E-state index is 0.194. The van der Waals surface area contributed by atoms with E-state index in [-0.39, 0.29) is 5.41 Å². The quantitative estimate of drug-likeness (QED) is 0.178. The Kier molecular flexibility index (Phi) is 7.10. The summed E-state index contributed by atoms with van der Waals surface area (Å²) in [5, 5.41) is 5.09. The SMILES string of the molecule is CC1(C)c2ccccc2-c2c1cc1c(c2-c2cccc3c2[nH]c2ccc4ccccc4c23)Bc2cc(-c3ccccc3)ccc2N1c1ccc(-c2ccccc2)cc1. The number of nitrogens with one attached hydrogen (secondary N) is 1. The van der Waals surface area contributed by atoms with Crippen LogP contribution in [0.15, 0.2) is 188 Å². The van der Waals surface area contributed by atoms with Crippen molar-refractivity contribution in [3.8, 4) is 44.5 Å². The van der Waals surface area contributed by atoms with Gasteiger partial charge in [-0.15, -0.1) is 0 Å². The highest BCUT2D eigenvalue weighted by atomic mass is 15.1. The Morgan fingerprint density at radius 3 is 1.95 bits per heavy atom. The number of benzene rings is 9. The maximum atomic E-state index is 3.98. The molecule has 2 nitrogen and oxygen atoms in total. The van der Waals surface area contributed by atoms with E-state index in [0.717, 1.165) is 13.0 Å².